The standard InChI is InChI=1S/C23H24N2O3S/c1-2-27-22-15-19(10-11-21(22)28-17-18-7-6-12-24-16-18)23(26)25-13-14-29-20-8-4-3-5-9-20/h3-12,15-16H,2,13-14,17H2,1H3,(H,25,26). The van der Waals surface area contributed by atoms with Crippen molar-refractivity contribution in [3.8, 4) is 11.5 Å². The highest BCUT2D eigenvalue weighted by molar-refractivity contribution is 7.99. The average Bonchev–Trinajstić information content (AvgIpc) is 2.77. The second-order valence-electron chi connectivity index (χ2n) is 6.16. The third kappa shape index (κ3) is 6.54. The van der Waals surface area contributed by atoms with E-state index in [1.165, 1.54) is 4.90 Å². The smallest absolute Gasteiger partial charge is 0.251 e. The van der Waals surface area contributed by atoms with E-state index in [1.54, 1.807) is 42.4 Å². The van der Waals surface area contributed by atoms with Gasteiger partial charge in [-0.25, -0.2) is 0 Å². The van der Waals surface area contributed by atoms with Crippen LogP contribution in [-0.4, -0.2) is 29.8 Å². The van der Waals surface area contributed by atoms with Gasteiger partial charge in [0.15, 0.2) is 11.5 Å². The van der Waals surface area contributed by atoms with Crippen LogP contribution in [0.5, 0.6) is 11.5 Å². The molecule has 2 aromatic carbocycles. The molecular weight excluding hydrogens is 384 g/mol. The van der Waals surface area contributed by atoms with E-state index >= 15 is 0 Å². The van der Waals surface area contributed by atoms with Crippen LogP contribution in [0.15, 0.2) is 78.0 Å². The van der Waals surface area contributed by atoms with Crippen LogP contribution in [0.1, 0.15) is 22.8 Å². The van der Waals surface area contributed by atoms with Gasteiger partial charge in [-0.05, 0) is 43.3 Å². The summed E-state index contributed by atoms with van der Waals surface area (Å²) in [7, 11) is 0. The van der Waals surface area contributed by atoms with Gasteiger partial charge in [-0.15, -0.1) is 11.8 Å². The SMILES string of the molecule is CCOc1cc(C(=O)NCCSc2ccccc2)ccc1OCc1cccnc1. The molecule has 0 radical (unpaired) electrons. The predicted octanol–water partition coefficient (Wildman–Crippen LogP) is 4.58. The van der Waals surface area contributed by atoms with Crippen LogP contribution in [0.2, 0.25) is 0 Å². The Bertz CT molecular complexity index is 905. The average molecular weight is 409 g/mol. The molecule has 1 amide bonds. The maximum atomic E-state index is 12.5. The minimum atomic E-state index is -0.126. The van der Waals surface area contributed by atoms with Gasteiger partial charge >= 0.3 is 0 Å². The van der Waals surface area contributed by atoms with Crippen LogP contribution in [0.25, 0.3) is 0 Å². The van der Waals surface area contributed by atoms with Gasteiger partial charge in [0.2, 0.25) is 0 Å². The van der Waals surface area contributed by atoms with E-state index in [9.17, 15) is 4.79 Å². The van der Waals surface area contributed by atoms with Crippen molar-refractivity contribution in [2.45, 2.75) is 18.4 Å². The van der Waals surface area contributed by atoms with Crippen molar-refractivity contribution in [3.63, 3.8) is 0 Å². The molecule has 0 bridgehead atoms. The first-order valence-corrected chi connectivity index (χ1v) is 10.5. The van der Waals surface area contributed by atoms with Crippen molar-refractivity contribution in [2.75, 3.05) is 18.9 Å². The fraction of sp³-hybridized carbons (Fsp3) is 0.217. The Labute approximate surface area is 175 Å². The zero-order chi connectivity index (χ0) is 20.3. The largest absolute Gasteiger partial charge is 0.490 e. The number of hydrogen-bond acceptors (Lipinski definition) is 5. The highest BCUT2D eigenvalue weighted by Crippen LogP contribution is 2.29. The molecule has 0 saturated carbocycles. The molecule has 0 aliphatic heterocycles. The van der Waals surface area contributed by atoms with Crippen molar-refractivity contribution in [1.29, 1.82) is 0 Å². The van der Waals surface area contributed by atoms with Crippen LogP contribution >= 0.6 is 11.8 Å². The molecule has 150 valence electrons. The number of thioether (sulfide) groups is 1. The summed E-state index contributed by atoms with van der Waals surface area (Å²) in [5.74, 6) is 1.84. The van der Waals surface area contributed by atoms with E-state index in [-0.39, 0.29) is 5.91 Å². The van der Waals surface area contributed by atoms with Crippen LogP contribution in [0, 0.1) is 0 Å². The molecule has 0 atom stereocenters. The normalized spacial score (nSPS) is 10.4. The number of carbonyl (C=O) groups excluding carboxylic acids is 1. The van der Waals surface area contributed by atoms with Crippen molar-refractivity contribution < 1.29 is 14.3 Å². The zero-order valence-corrected chi connectivity index (χ0v) is 17.2. The first-order chi connectivity index (χ1) is 14.3. The summed E-state index contributed by atoms with van der Waals surface area (Å²) in [6.45, 7) is 3.36. The second-order valence-corrected chi connectivity index (χ2v) is 7.33. The number of carbonyl (C=O) groups is 1. The van der Waals surface area contributed by atoms with Gasteiger partial charge in [0.25, 0.3) is 5.91 Å². The van der Waals surface area contributed by atoms with Crippen LogP contribution < -0.4 is 14.8 Å². The molecular formula is C23H24N2O3S. The summed E-state index contributed by atoms with van der Waals surface area (Å²) in [6, 6.07) is 19.2. The molecule has 6 heteroatoms. The van der Waals surface area contributed by atoms with Crippen molar-refractivity contribution in [1.82, 2.24) is 10.3 Å². The van der Waals surface area contributed by atoms with Crippen molar-refractivity contribution in [3.05, 3.63) is 84.2 Å². The van der Waals surface area contributed by atoms with Gasteiger partial charge in [-0.2, -0.15) is 0 Å². The molecule has 0 saturated heterocycles. The number of amides is 1. The van der Waals surface area contributed by atoms with Crippen LogP contribution in [0.4, 0.5) is 0 Å². The summed E-state index contributed by atoms with van der Waals surface area (Å²) < 4.78 is 11.5. The fourth-order valence-corrected chi connectivity index (χ4v) is 3.42. The number of nitrogens with one attached hydrogen (secondary N) is 1. The lowest BCUT2D eigenvalue weighted by atomic mass is 10.2. The van der Waals surface area contributed by atoms with E-state index in [2.05, 4.69) is 22.4 Å². The highest BCUT2D eigenvalue weighted by atomic mass is 32.2. The van der Waals surface area contributed by atoms with Gasteiger partial charge in [0.05, 0.1) is 6.61 Å². The number of benzene rings is 2. The molecule has 0 fully saturated rings. The van der Waals surface area contributed by atoms with E-state index in [0.29, 0.717) is 36.8 Å². The lowest BCUT2D eigenvalue weighted by molar-refractivity contribution is 0.0955. The molecule has 5 nitrogen and oxygen atoms in total. The number of aromatic nitrogens is 1. The fourth-order valence-electron chi connectivity index (χ4n) is 2.63. The summed E-state index contributed by atoms with van der Waals surface area (Å²) in [5, 5.41) is 2.95. The van der Waals surface area contributed by atoms with E-state index in [0.717, 1.165) is 11.3 Å². The number of pyridine rings is 1. The van der Waals surface area contributed by atoms with E-state index in [1.807, 2.05) is 37.3 Å². The second kappa shape index (κ2) is 11.1. The topological polar surface area (TPSA) is 60.5 Å². The molecule has 3 aromatic rings. The van der Waals surface area contributed by atoms with Crippen molar-refractivity contribution >= 4 is 17.7 Å². The Balaban J connectivity index is 1.55. The molecule has 1 N–H and O–H groups in total. The quantitative estimate of drug-likeness (QED) is 0.393. The summed E-state index contributed by atoms with van der Waals surface area (Å²) >= 11 is 1.71. The summed E-state index contributed by atoms with van der Waals surface area (Å²) in [4.78, 5) is 17.8. The van der Waals surface area contributed by atoms with Gasteiger partial charge < -0.3 is 14.8 Å². The molecule has 0 aliphatic rings. The summed E-state index contributed by atoms with van der Waals surface area (Å²) in [5.41, 5.74) is 1.51. The number of hydrogen-bond donors (Lipinski definition) is 1. The monoisotopic (exact) mass is 408 g/mol. The van der Waals surface area contributed by atoms with Crippen molar-refractivity contribution in [2.24, 2.45) is 0 Å². The first kappa shape index (κ1) is 20.7. The Morgan fingerprint density at radius 3 is 2.66 bits per heavy atom. The summed E-state index contributed by atoms with van der Waals surface area (Å²) in [6.07, 6.45) is 3.48. The maximum absolute atomic E-state index is 12.5. The Kier molecular flexibility index (Phi) is 7.95. The lowest BCUT2D eigenvalue weighted by Crippen LogP contribution is -2.25. The van der Waals surface area contributed by atoms with Gasteiger partial charge in [0.1, 0.15) is 6.61 Å². The molecule has 1 aromatic heterocycles. The Morgan fingerprint density at radius 2 is 1.90 bits per heavy atom. The van der Waals surface area contributed by atoms with Gasteiger partial charge in [-0.1, -0.05) is 24.3 Å². The van der Waals surface area contributed by atoms with E-state index in [4.69, 9.17) is 9.47 Å². The first-order valence-electron chi connectivity index (χ1n) is 9.51. The molecule has 0 spiro atoms. The third-order valence-electron chi connectivity index (χ3n) is 4.02. The minimum Gasteiger partial charge on any atom is -0.490 e. The van der Waals surface area contributed by atoms with Gasteiger partial charge in [-0.3, -0.25) is 9.78 Å². The highest BCUT2D eigenvalue weighted by Gasteiger charge is 2.12. The number of nitrogens with zero attached hydrogens (tertiary/aromatic N) is 1. The zero-order valence-electron chi connectivity index (χ0n) is 16.3. The lowest BCUT2D eigenvalue weighted by Gasteiger charge is -2.13. The van der Waals surface area contributed by atoms with E-state index < -0.39 is 0 Å². The van der Waals surface area contributed by atoms with Crippen LogP contribution in [-0.2, 0) is 6.61 Å². The molecule has 0 aliphatic carbocycles. The van der Waals surface area contributed by atoms with Crippen LogP contribution in [0.3, 0.4) is 0 Å². The minimum absolute atomic E-state index is 0.126. The third-order valence-corrected chi connectivity index (χ3v) is 5.04. The predicted molar refractivity (Wildman–Crippen MR) is 116 cm³/mol. The molecule has 3 rings (SSSR count). The Hall–Kier alpha value is -2.99. The van der Waals surface area contributed by atoms with Gasteiger partial charge in [0, 0.05) is 40.7 Å². The molecule has 1 heterocycles. The number of rotatable bonds is 10. The molecule has 29 heavy (non-hydrogen) atoms. The maximum Gasteiger partial charge on any atom is 0.251 e. The Morgan fingerprint density at radius 1 is 1.03 bits per heavy atom. The number of ether oxygens (including phenoxy) is 2. The molecule has 0 unspecified atom stereocenters.